The highest BCUT2D eigenvalue weighted by molar-refractivity contribution is 5.89. The first-order chi connectivity index (χ1) is 10.7. The van der Waals surface area contributed by atoms with Gasteiger partial charge in [-0.2, -0.15) is 5.10 Å². The molecular formula is C16H16FN3O2. The smallest absolute Gasteiger partial charge is 0.330 e. The van der Waals surface area contributed by atoms with Gasteiger partial charge in [0.05, 0.1) is 25.0 Å². The largest absolute Gasteiger partial charge is 0.463 e. The molecule has 1 aliphatic carbocycles. The molecule has 22 heavy (non-hydrogen) atoms. The average Bonchev–Trinajstić information content (AvgIpc) is 3.24. The molecule has 2 aromatic rings. The minimum Gasteiger partial charge on any atom is -0.463 e. The summed E-state index contributed by atoms with van der Waals surface area (Å²) in [6, 6.07) is 0.428. The highest BCUT2D eigenvalue weighted by Crippen LogP contribution is 2.36. The van der Waals surface area contributed by atoms with Gasteiger partial charge in [-0.1, -0.05) is 0 Å². The SMILES string of the molecule is CCOC(=O)/C=C/c1cncc(F)c1-c1cnn(C2CC2)c1. The van der Waals surface area contributed by atoms with E-state index in [1.165, 1.54) is 18.3 Å². The molecule has 0 aromatic carbocycles. The van der Waals surface area contributed by atoms with Crippen molar-refractivity contribution in [3.8, 4) is 11.1 Å². The topological polar surface area (TPSA) is 57.0 Å². The van der Waals surface area contributed by atoms with Crippen LogP contribution in [-0.4, -0.2) is 27.3 Å². The van der Waals surface area contributed by atoms with Crippen LogP contribution in [0.5, 0.6) is 0 Å². The van der Waals surface area contributed by atoms with Gasteiger partial charge >= 0.3 is 5.97 Å². The molecule has 5 nitrogen and oxygen atoms in total. The van der Waals surface area contributed by atoms with Gasteiger partial charge in [0.2, 0.25) is 0 Å². The maximum Gasteiger partial charge on any atom is 0.330 e. The third-order valence-corrected chi connectivity index (χ3v) is 3.43. The summed E-state index contributed by atoms with van der Waals surface area (Å²) in [4.78, 5) is 15.3. The van der Waals surface area contributed by atoms with Gasteiger partial charge in [0, 0.05) is 35.2 Å². The van der Waals surface area contributed by atoms with Crippen molar-refractivity contribution >= 4 is 12.0 Å². The van der Waals surface area contributed by atoms with Crippen molar-refractivity contribution in [1.29, 1.82) is 0 Å². The fourth-order valence-electron chi connectivity index (χ4n) is 2.24. The van der Waals surface area contributed by atoms with Crippen LogP contribution in [-0.2, 0) is 9.53 Å². The zero-order valence-corrected chi connectivity index (χ0v) is 12.2. The lowest BCUT2D eigenvalue weighted by molar-refractivity contribution is -0.137. The molecule has 114 valence electrons. The lowest BCUT2D eigenvalue weighted by Crippen LogP contribution is -1.99. The number of carbonyl (C=O) groups is 1. The Morgan fingerprint density at radius 2 is 2.27 bits per heavy atom. The van der Waals surface area contributed by atoms with Crippen LogP contribution in [0.3, 0.4) is 0 Å². The number of halogens is 1. The second-order valence-electron chi connectivity index (χ2n) is 5.11. The van der Waals surface area contributed by atoms with E-state index in [-0.39, 0.29) is 0 Å². The Bertz CT molecular complexity index is 720. The minimum absolute atomic E-state index is 0.297. The maximum absolute atomic E-state index is 14.2. The summed E-state index contributed by atoms with van der Waals surface area (Å²) in [6.07, 6.45) is 11.1. The fourth-order valence-corrected chi connectivity index (χ4v) is 2.24. The number of nitrogens with zero attached hydrogens (tertiary/aromatic N) is 3. The van der Waals surface area contributed by atoms with Crippen LogP contribution in [0.1, 0.15) is 31.4 Å². The normalized spacial score (nSPS) is 14.5. The molecule has 1 saturated carbocycles. The van der Waals surface area contributed by atoms with Gasteiger partial charge < -0.3 is 4.74 Å². The average molecular weight is 301 g/mol. The number of carbonyl (C=O) groups excluding carboxylic acids is 1. The van der Waals surface area contributed by atoms with Crippen molar-refractivity contribution < 1.29 is 13.9 Å². The Morgan fingerprint density at radius 3 is 3.00 bits per heavy atom. The quantitative estimate of drug-likeness (QED) is 0.629. The van der Waals surface area contributed by atoms with Gasteiger partial charge in [0.25, 0.3) is 0 Å². The third-order valence-electron chi connectivity index (χ3n) is 3.43. The molecule has 2 aromatic heterocycles. The van der Waals surface area contributed by atoms with Crippen molar-refractivity contribution in [3.05, 3.63) is 42.2 Å². The molecule has 0 amide bonds. The summed E-state index contributed by atoms with van der Waals surface area (Å²) in [5.41, 5.74) is 1.58. The molecule has 0 spiro atoms. The summed E-state index contributed by atoms with van der Waals surface area (Å²) in [6.45, 7) is 2.03. The first-order valence-electron chi connectivity index (χ1n) is 7.22. The van der Waals surface area contributed by atoms with E-state index in [2.05, 4.69) is 10.1 Å². The highest BCUT2D eigenvalue weighted by atomic mass is 19.1. The van der Waals surface area contributed by atoms with Crippen molar-refractivity contribution in [2.45, 2.75) is 25.8 Å². The van der Waals surface area contributed by atoms with Crippen LogP contribution in [0.25, 0.3) is 17.2 Å². The lowest BCUT2D eigenvalue weighted by Gasteiger charge is -2.04. The molecule has 0 radical (unpaired) electrons. The van der Waals surface area contributed by atoms with E-state index in [0.29, 0.717) is 29.3 Å². The highest BCUT2D eigenvalue weighted by Gasteiger charge is 2.25. The van der Waals surface area contributed by atoms with Crippen molar-refractivity contribution in [2.75, 3.05) is 6.61 Å². The summed E-state index contributed by atoms with van der Waals surface area (Å²) < 4.78 is 20.9. The predicted molar refractivity (Wildman–Crippen MR) is 79.4 cm³/mol. The Morgan fingerprint density at radius 1 is 1.45 bits per heavy atom. The van der Waals surface area contributed by atoms with Crippen LogP contribution in [0, 0.1) is 5.82 Å². The van der Waals surface area contributed by atoms with Gasteiger partial charge in [0.1, 0.15) is 5.82 Å². The number of pyridine rings is 1. The van der Waals surface area contributed by atoms with Crippen LogP contribution in [0.4, 0.5) is 4.39 Å². The molecule has 0 bridgehead atoms. The van der Waals surface area contributed by atoms with Crippen molar-refractivity contribution in [2.24, 2.45) is 0 Å². The van der Waals surface area contributed by atoms with Gasteiger partial charge in [-0.25, -0.2) is 9.18 Å². The first-order valence-corrected chi connectivity index (χ1v) is 7.22. The van der Waals surface area contributed by atoms with Crippen molar-refractivity contribution in [1.82, 2.24) is 14.8 Å². The molecule has 3 rings (SSSR count). The van der Waals surface area contributed by atoms with Crippen LogP contribution < -0.4 is 0 Å². The molecule has 6 heteroatoms. The van der Waals surface area contributed by atoms with Crippen LogP contribution >= 0.6 is 0 Å². The van der Waals surface area contributed by atoms with E-state index >= 15 is 0 Å². The standard InChI is InChI=1S/C16H16FN3O2/c1-2-22-15(21)6-3-11-7-18-9-14(17)16(11)12-8-19-20(10-12)13-4-5-13/h3,6-10,13H,2,4-5H2,1H3/b6-3+. The van der Waals surface area contributed by atoms with E-state index in [9.17, 15) is 9.18 Å². The maximum atomic E-state index is 14.2. The number of aromatic nitrogens is 3. The number of ether oxygens (including phenoxy) is 1. The molecule has 0 saturated heterocycles. The second kappa shape index (κ2) is 6.09. The fraction of sp³-hybridized carbons (Fsp3) is 0.312. The Balaban J connectivity index is 1.93. The van der Waals surface area contributed by atoms with Crippen molar-refractivity contribution in [3.63, 3.8) is 0 Å². The van der Waals surface area contributed by atoms with Gasteiger partial charge in [-0.15, -0.1) is 0 Å². The molecular weight excluding hydrogens is 285 g/mol. The Labute approximate surface area is 127 Å². The number of esters is 1. The zero-order valence-electron chi connectivity index (χ0n) is 12.2. The third kappa shape index (κ3) is 3.05. The van der Waals surface area contributed by atoms with Gasteiger partial charge in [-0.05, 0) is 25.8 Å². The van der Waals surface area contributed by atoms with E-state index < -0.39 is 11.8 Å². The molecule has 1 fully saturated rings. The molecule has 0 N–H and O–H groups in total. The first kappa shape index (κ1) is 14.4. The molecule has 2 heterocycles. The van der Waals surface area contributed by atoms with Gasteiger partial charge in [-0.3, -0.25) is 9.67 Å². The molecule has 0 atom stereocenters. The Hall–Kier alpha value is -2.50. The van der Waals surface area contributed by atoms with E-state index in [1.807, 2.05) is 10.9 Å². The molecule has 1 aliphatic rings. The summed E-state index contributed by atoms with van der Waals surface area (Å²) in [5, 5.41) is 4.28. The van der Waals surface area contributed by atoms with Crippen LogP contribution in [0.15, 0.2) is 30.9 Å². The van der Waals surface area contributed by atoms with Gasteiger partial charge in [0.15, 0.2) is 0 Å². The summed E-state index contributed by atoms with van der Waals surface area (Å²) in [7, 11) is 0. The molecule has 0 unspecified atom stereocenters. The van der Waals surface area contributed by atoms with E-state index in [0.717, 1.165) is 19.0 Å². The van der Waals surface area contributed by atoms with E-state index in [4.69, 9.17) is 4.74 Å². The summed E-state index contributed by atoms with van der Waals surface area (Å²) in [5.74, 6) is -0.909. The van der Waals surface area contributed by atoms with E-state index in [1.54, 1.807) is 13.1 Å². The monoisotopic (exact) mass is 301 g/mol. The predicted octanol–water partition coefficient (Wildman–Crippen LogP) is 3.00. The Kier molecular flexibility index (Phi) is 4.00. The number of rotatable bonds is 5. The second-order valence-corrected chi connectivity index (χ2v) is 5.11. The minimum atomic E-state index is -0.466. The number of hydrogen-bond donors (Lipinski definition) is 0. The summed E-state index contributed by atoms with van der Waals surface area (Å²) >= 11 is 0. The lowest BCUT2D eigenvalue weighted by atomic mass is 10.0. The molecule has 0 aliphatic heterocycles. The zero-order chi connectivity index (χ0) is 15.5. The number of hydrogen-bond acceptors (Lipinski definition) is 4. The van der Waals surface area contributed by atoms with Crippen LogP contribution in [0.2, 0.25) is 0 Å².